The number of rotatable bonds is 3. The van der Waals surface area contributed by atoms with Crippen LogP contribution in [0.3, 0.4) is 0 Å². The molecule has 0 bridgehead atoms. The maximum Gasteiger partial charge on any atom is 0.0172 e. The second-order valence-electron chi connectivity index (χ2n) is 1.67. The van der Waals surface area contributed by atoms with Crippen LogP contribution in [0.2, 0.25) is 0 Å². The van der Waals surface area contributed by atoms with E-state index < -0.39 is 0 Å². The molecule has 0 radical (unpaired) electrons. The van der Waals surface area contributed by atoms with Gasteiger partial charge < -0.3 is 5.73 Å². The molecule has 0 unspecified atom stereocenters. The Hall–Kier alpha value is -0.560. The van der Waals surface area contributed by atoms with Crippen LogP contribution in [0.1, 0.15) is 13.3 Å². The zero-order valence-electron chi connectivity index (χ0n) is 5.35. The first-order valence-corrected chi connectivity index (χ1v) is 2.85. The third kappa shape index (κ3) is 3.62. The molecule has 8 heavy (non-hydrogen) atoms. The molecule has 1 heteroatoms. The Morgan fingerprint density at radius 1 is 1.75 bits per heavy atom. The molecule has 2 N–H and O–H groups in total. The average Bonchev–Trinajstić information content (AvgIpc) is 1.83. The lowest BCUT2D eigenvalue weighted by atomic mass is 10.2. The fourth-order valence-corrected chi connectivity index (χ4v) is 0.353. The van der Waals surface area contributed by atoms with Crippen molar-refractivity contribution in [1.29, 1.82) is 0 Å². The smallest absolute Gasteiger partial charge is 0.0172 e. The molecule has 0 aliphatic carbocycles. The van der Waals surface area contributed by atoms with Crippen LogP contribution in [0.15, 0.2) is 24.3 Å². The van der Waals surface area contributed by atoms with E-state index in [0.717, 1.165) is 12.0 Å². The standard InChI is InChI=1S/C7H13N/c1-3-4-5-7(2)6-8/h4-5H,2-3,6,8H2,1H3/b5-4+. The van der Waals surface area contributed by atoms with E-state index in [1.807, 2.05) is 6.08 Å². The molecule has 46 valence electrons. The van der Waals surface area contributed by atoms with Crippen LogP contribution in [0, 0.1) is 0 Å². The van der Waals surface area contributed by atoms with Crippen molar-refractivity contribution in [2.24, 2.45) is 5.73 Å². The minimum atomic E-state index is 0.566. The molecule has 0 heterocycles. The maximum atomic E-state index is 5.26. The quantitative estimate of drug-likeness (QED) is 0.548. The van der Waals surface area contributed by atoms with Crippen molar-refractivity contribution in [3.63, 3.8) is 0 Å². The van der Waals surface area contributed by atoms with Crippen molar-refractivity contribution >= 4 is 0 Å². The van der Waals surface area contributed by atoms with Gasteiger partial charge in [-0.2, -0.15) is 0 Å². The van der Waals surface area contributed by atoms with Crippen LogP contribution in [0.4, 0.5) is 0 Å². The monoisotopic (exact) mass is 111 g/mol. The fourth-order valence-electron chi connectivity index (χ4n) is 0.353. The van der Waals surface area contributed by atoms with E-state index in [4.69, 9.17) is 5.73 Å². The van der Waals surface area contributed by atoms with Crippen LogP contribution >= 0.6 is 0 Å². The number of hydrogen-bond donors (Lipinski definition) is 1. The Bertz CT molecular complexity index is 92.6. The van der Waals surface area contributed by atoms with Gasteiger partial charge in [0.2, 0.25) is 0 Å². The van der Waals surface area contributed by atoms with Crippen LogP contribution in [-0.2, 0) is 0 Å². The molecular weight excluding hydrogens is 98.1 g/mol. The van der Waals surface area contributed by atoms with Crippen molar-refractivity contribution in [3.05, 3.63) is 24.3 Å². The molecule has 0 aliphatic heterocycles. The lowest BCUT2D eigenvalue weighted by Crippen LogP contribution is -1.98. The number of hydrogen-bond acceptors (Lipinski definition) is 1. The predicted octanol–water partition coefficient (Wildman–Crippen LogP) is 1.47. The SMILES string of the molecule is C=C(/C=C/CC)CN. The summed E-state index contributed by atoms with van der Waals surface area (Å²) in [6.45, 7) is 6.35. The summed E-state index contributed by atoms with van der Waals surface area (Å²) in [4.78, 5) is 0. The molecule has 0 rings (SSSR count). The highest BCUT2D eigenvalue weighted by Gasteiger charge is 1.76. The predicted molar refractivity (Wildman–Crippen MR) is 37.6 cm³/mol. The summed E-state index contributed by atoms with van der Waals surface area (Å²) < 4.78 is 0. The Labute approximate surface area is 50.9 Å². The largest absolute Gasteiger partial charge is 0.327 e. The summed E-state index contributed by atoms with van der Waals surface area (Å²) in [6.07, 6.45) is 5.06. The minimum absolute atomic E-state index is 0.566. The van der Waals surface area contributed by atoms with Crippen molar-refractivity contribution in [2.45, 2.75) is 13.3 Å². The second kappa shape index (κ2) is 4.60. The van der Waals surface area contributed by atoms with Gasteiger partial charge in [0.25, 0.3) is 0 Å². The second-order valence-corrected chi connectivity index (χ2v) is 1.67. The van der Waals surface area contributed by atoms with Gasteiger partial charge in [0, 0.05) is 6.54 Å². The summed E-state index contributed by atoms with van der Waals surface area (Å²) in [7, 11) is 0. The van der Waals surface area contributed by atoms with E-state index in [1.165, 1.54) is 0 Å². The molecule has 0 atom stereocenters. The summed E-state index contributed by atoms with van der Waals surface area (Å²) in [5.74, 6) is 0. The highest BCUT2D eigenvalue weighted by atomic mass is 14.5. The Balaban J connectivity index is 3.37. The van der Waals surface area contributed by atoms with Crippen LogP contribution in [0.25, 0.3) is 0 Å². The van der Waals surface area contributed by atoms with Gasteiger partial charge in [-0.15, -0.1) is 0 Å². The third-order valence-electron chi connectivity index (χ3n) is 0.851. The van der Waals surface area contributed by atoms with Gasteiger partial charge in [-0.25, -0.2) is 0 Å². The first-order valence-electron chi connectivity index (χ1n) is 2.85. The van der Waals surface area contributed by atoms with Crippen molar-refractivity contribution in [2.75, 3.05) is 6.54 Å². The molecule has 0 spiro atoms. The van der Waals surface area contributed by atoms with E-state index in [9.17, 15) is 0 Å². The molecule has 0 aromatic carbocycles. The molecule has 0 aromatic heterocycles. The molecular formula is C7H13N. The van der Waals surface area contributed by atoms with E-state index >= 15 is 0 Å². The van der Waals surface area contributed by atoms with Crippen molar-refractivity contribution < 1.29 is 0 Å². The average molecular weight is 111 g/mol. The summed E-state index contributed by atoms with van der Waals surface area (Å²) >= 11 is 0. The Morgan fingerprint density at radius 3 is 2.75 bits per heavy atom. The van der Waals surface area contributed by atoms with Crippen LogP contribution in [0.5, 0.6) is 0 Å². The van der Waals surface area contributed by atoms with Crippen molar-refractivity contribution in [1.82, 2.24) is 0 Å². The molecule has 0 fully saturated rings. The van der Waals surface area contributed by atoms with Gasteiger partial charge in [-0.1, -0.05) is 25.7 Å². The number of allylic oxidation sites excluding steroid dienone is 1. The zero-order chi connectivity index (χ0) is 6.41. The van der Waals surface area contributed by atoms with Gasteiger partial charge in [0.05, 0.1) is 0 Å². The minimum Gasteiger partial charge on any atom is -0.327 e. The highest BCUT2D eigenvalue weighted by Crippen LogP contribution is 1.89. The van der Waals surface area contributed by atoms with E-state index in [2.05, 4.69) is 19.6 Å². The fraction of sp³-hybridized carbons (Fsp3) is 0.429. The number of nitrogens with two attached hydrogens (primary N) is 1. The van der Waals surface area contributed by atoms with Gasteiger partial charge in [0.15, 0.2) is 0 Å². The molecule has 0 aromatic rings. The van der Waals surface area contributed by atoms with Crippen LogP contribution in [-0.4, -0.2) is 6.54 Å². The van der Waals surface area contributed by atoms with Crippen LogP contribution < -0.4 is 5.73 Å². The first-order chi connectivity index (χ1) is 3.81. The van der Waals surface area contributed by atoms with E-state index in [1.54, 1.807) is 0 Å². The summed E-state index contributed by atoms with van der Waals surface area (Å²) in [5.41, 5.74) is 6.25. The first kappa shape index (κ1) is 7.44. The lowest BCUT2D eigenvalue weighted by Gasteiger charge is -1.88. The third-order valence-corrected chi connectivity index (χ3v) is 0.851. The molecule has 0 amide bonds. The van der Waals surface area contributed by atoms with E-state index in [0.29, 0.717) is 6.54 Å². The van der Waals surface area contributed by atoms with Gasteiger partial charge >= 0.3 is 0 Å². The Morgan fingerprint density at radius 2 is 2.38 bits per heavy atom. The normalized spacial score (nSPS) is 10.2. The summed E-state index contributed by atoms with van der Waals surface area (Å²) in [6, 6.07) is 0. The topological polar surface area (TPSA) is 26.0 Å². The maximum absolute atomic E-state index is 5.26. The van der Waals surface area contributed by atoms with E-state index in [-0.39, 0.29) is 0 Å². The zero-order valence-corrected chi connectivity index (χ0v) is 5.35. The molecule has 1 nitrogen and oxygen atoms in total. The van der Waals surface area contributed by atoms with Gasteiger partial charge in [-0.05, 0) is 12.0 Å². The molecule has 0 aliphatic rings. The highest BCUT2D eigenvalue weighted by molar-refractivity contribution is 5.14. The molecule has 0 saturated carbocycles. The van der Waals surface area contributed by atoms with Gasteiger partial charge in [-0.3, -0.25) is 0 Å². The Kier molecular flexibility index (Phi) is 4.27. The van der Waals surface area contributed by atoms with Gasteiger partial charge in [0.1, 0.15) is 0 Å². The van der Waals surface area contributed by atoms with Crippen molar-refractivity contribution in [3.8, 4) is 0 Å². The summed E-state index contributed by atoms with van der Waals surface area (Å²) in [5, 5.41) is 0. The molecule has 0 saturated heterocycles. The lowest BCUT2D eigenvalue weighted by molar-refractivity contribution is 1.17.